The van der Waals surface area contributed by atoms with Crippen molar-refractivity contribution in [3.05, 3.63) is 52.7 Å². The van der Waals surface area contributed by atoms with E-state index in [0.29, 0.717) is 12.5 Å². The Morgan fingerprint density at radius 2 is 1.89 bits per heavy atom. The van der Waals surface area contributed by atoms with Gasteiger partial charge in [0.1, 0.15) is 18.6 Å². The first-order valence-electron chi connectivity index (χ1n) is 8.99. The van der Waals surface area contributed by atoms with E-state index in [1.807, 2.05) is 18.2 Å². The zero-order valence-electron chi connectivity index (χ0n) is 16.3. The summed E-state index contributed by atoms with van der Waals surface area (Å²) in [7, 11) is 3.76. The topological polar surface area (TPSA) is 72.8 Å². The largest absolute Gasteiger partial charge is 0.497 e. The Morgan fingerprint density at radius 1 is 1.11 bits per heavy atom. The van der Waals surface area contributed by atoms with E-state index >= 15 is 0 Å². The van der Waals surface area contributed by atoms with Crippen LogP contribution in [-0.4, -0.2) is 35.1 Å². The third-order valence-electron chi connectivity index (χ3n) is 4.53. The second kappa shape index (κ2) is 7.56. The zero-order valence-corrected chi connectivity index (χ0v) is 17.1. The molecule has 0 bridgehead atoms. The smallest absolute Gasteiger partial charge is 0.243 e. The fourth-order valence-corrected chi connectivity index (χ4v) is 4.28. The summed E-state index contributed by atoms with van der Waals surface area (Å²) in [6.45, 7) is 4.73. The molecule has 0 saturated heterocycles. The standard InChI is InChI=1S/C20H20BN5OS/c1-11-6-13(21)7-12(2)19(11)16-9-23-26-20(25-16)22-10-18-24-15-8-14(27-3)4-5-17(15)28-18/h4-9H,10,21H2,1-3H3,(H,22,25,26). The van der Waals surface area contributed by atoms with Gasteiger partial charge in [-0.3, -0.25) is 0 Å². The second-order valence-electron chi connectivity index (χ2n) is 6.73. The average Bonchev–Trinajstić information content (AvgIpc) is 3.08. The molecule has 0 unspecified atom stereocenters. The molecule has 1 N–H and O–H groups in total. The number of rotatable bonds is 5. The maximum atomic E-state index is 5.26. The van der Waals surface area contributed by atoms with Crippen LogP contribution in [0.15, 0.2) is 36.5 Å². The average molecular weight is 389 g/mol. The van der Waals surface area contributed by atoms with Crippen LogP contribution in [0.3, 0.4) is 0 Å². The summed E-state index contributed by atoms with van der Waals surface area (Å²) in [5.74, 6) is 1.30. The molecule has 4 rings (SSSR count). The third-order valence-corrected chi connectivity index (χ3v) is 5.57. The highest BCUT2D eigenvalue weighted by atomic mass is 32.1. The van der Waals surface area contributed by atoms with Crippen molar-refractivity contribution in [2.75, 3.05) is 12.4 Å². The number of aryl methyl sites for hydroxylation is 2. The summed E-state index contributed by atoms with van der Waals surface area (Å²) in [5.41, 5.74) is 6.47. The van der Waals surface area contributed by atoms with Gasteiger partial charge < -0.3 is 10.1 Å². The van der Waals surface area contributed by atoms with Crippen LogP contribution in [0.1, 0.15) is 16.1 Å². The highest BCUT2D eigenvalue weighted by molar-refractivity contribution is 7.18. The lowest BCUT2D eigenvalue weighted by atomic mass is 9.88. The van der Waals surface area contributed by atoms with Crippen LogP contribution in [0.5, 0.6) is 5.75 Å². The maximum Gasteiger partial charge on any atom is 0.243 e. The van der Waals surface area contributed by atoms with Crippen molar-refractivity contribution in [3.63, 3.8) is 0 Å². The van der Waals surface area contributed by atoms with Gasteiger partial charge in [0, 0.05) is 11.6 Å². The number of nitrogens with zero attached hydrogens (tertiary/aromatic N) is 4. The number of hydrogen-bond acceptors (Lipinski definition) is 7. The fourth-order valence-electron chi connectivity index (χ4n) is 3.40. The van der Waals surface area contributed by atoms with E-state index in [9.17, 15) is 0 Å². The number of hydrogen-bond donors (Lipinski definition) is 1. The Bertz CT molecular complexity index is 1140. The van der Waals surface area contributed by atoms with Crippen molar-refractivity contribution >= 4 is 40.8 Å². The van der Waals surface area contributed by atoms with Crippen molar-refractivity contribution in [2.45, 2.75) is 20.4 Å². The lowest BCUT2D eigenvalue weighted by Gasteiger charge is -2.11. The molecule has 0 aliphatic rings. The van der Waals surface area contributed by atoms with Gasteiger partial charge in [-0.25, -0.2) is 9.97 Å². The lowest BCUT2D eigenvalue weighted by Crippen LogP contribution is -2.08. The number of aromatic nitrogens is 4. The first kappa shape index (κ1) is 18.4. The van der Waals surface area contributed by atoms with Gasteiger partial charge in [0.25, 0.3) is 0 Å². The molecule has 0 aliphatic carbocycles. The summed E-state index contributed by atoms with van der Waals surface area (Å²) in [4.78, 5) is 9.32. The van der Waals surface area contributed by atoms with Crippen LogP contribution >= 0.6 is 11.3 Å². The molecule has 0 amide bonds. The third kappa shape index (κ3) is 3.68. The van der Waals surface area contributed by atoms with Gasteiger partial charge in [0.15, 0.2) is 0 Å². The number of benzene rings is 2. The molecule has 2 aromatic carbocycles. The second-order valence-corrected chi connectivity index (χ2v) is 7.85. The van der Waals surface area contributed by atoms with Crippen LogP contribution in [-0.2, 0) is 6.54 Å². The molecule has 0 radical (unpaired) electrons. The van der Waals surface area contributed by atoms with E-state index in [1.54, 1.807) is 24.6 Å². The minimum atomic E-state index is 0.494. The molecule has 0 aliphatic heterocycles. The quantitative estimate of drug-likeness (QED) is 0.529. The van der Waals surface area contributed by atoms with Gasteiger partial charge in [-0.05, 0) is 37.1 Å². The highest BCUT2D eigenvalue weighted by Crippen LogP contribution is 2.27. The number of thiazole rings is 1. The van der Waals surface area contributed by atoms with Gasteiger partial charge in [-0.2, -0.15) is 5.10 Å². The minimum Gasteiger partial charge on any atom is -0.497 e. The molecule has 28 heavy (non-hydrogen) atoms. The normalized spacial score (nSPS) is 11.0. The van der Waals surface area contributed by atoms with Gasteiger partial charge in [0.2, 0.25) is 5.95 Å². The fraction of sp³-hybridized carbons (Fsp3) is 0.200. The van der Waals surface area contributed by atoms with Crippen molar-refractivity contribution in [1.29, 1.82) is 0 Å². The van der Waals surface area contributed by atoms with E-state index in [0.717, 1.165) is 32.2 Å². The number of methoxy groups -OCH3 is 1. The van der Waals surface area contributed by atoms with Crippen LogP contribution in [0.25, 0.3) is 21.5 Å². The zero-order chi connectivity index (χ0) is 19.7. The molecule has 0 atom stereocenters. The Labute approximate surface area is 168 Å². The molecular formula is C20H20BN5OS. The van der Waals surface area contributed by atoms with Gasteiger partial charge in [-0.15, -0.1) is 16.4 Å². The van der Waals surface area contributed by atoms with Crippen LogP contribution in [0.2, 0.25) is 0 Å². The van der Waals surface area contributed by atoms with Crippen LogP contribution < -0.4 is 15.5 Å². The van der Waals surface area contributed by atoms with Crippen LogP contribution in [0, 0.1) is 13.8 Å². The van der Waals surface area contributed by atoms with E-state index in [1.165, 1.54) is 16.6 Å². The predicted molar refractivity (Wildman–Crippen MR) is 116 cm³/mol. The molecule has 8 heteroatoms. The van der Waals surface area contributed by atoms with E-state index in [-0.39, 0.29) is 0 Å². The molecule has 2 aromatic heterocycles. The molecule has 0 spiro atoms. The van der Waals surface area contributed by atoms with E-state index in [2.05, 4.69) is 59.3 Å². The molecular weight excluding hydrogens is 369 g/mol. The van der Waals surface area contributed by atoms with Crippen molar-refractivity contribution in [1.82, 2.24) is 20.2 Å². The number of fused-ring (bicyclic) bond motifs is 1. The minimum absolute atomic E-state index is 0.494. The Morgan fingerprint density at radius 3 is 2.64 bits per heavy atom. The molecule has 140 valence electrons. The molecule has 4 aromatic rings. The van der Waals surface area contributed by atoms with Crippen molar-refractivity contribution < 1.29 is 4.74 Å². The Balaban J connectivity index is 1.56. The van der Waals surface area contributed by atoms with Gasteiger partial charge in [-0.1, -0.05) is 17.6 Å². The lowest BCUT2D eigenvalue weighted by molar-refractivity contribution is 0.415. The van der Waals surface area contributed by atoms with E-state index in [4.69, 9.17) is 4.74 Å². The summed E-state index contributed by atoms with van der Waals surface area (Å²) in [5, 5.41) is 12.5. The predicted octanol–water partition coefficient (Wildman–Crippen LogP) is 2.64. The molecule has 0 fully saturated rings. The molecule has 6 nitrogen and oxygen atoms in total. The van der Waals surface area contributed by atoms with Gasteiger partial charge >= 0.3 is 0 Å². The highest BCUT2D eigenvalue weighted by Gasteiger charge is 2.11. The number of anilines is 1. The summed E-state index contributed by atoms with van der Waals surface area (Å²) in [6, 6.07) is 10.2. The summed E-state index contributed by atoms with van der Waals surface area (Å²) >= 11 is 1.64. The summed E-state index contributed by atoms with van der Waals surface area (Å²) < 4.78 is 6.38. The Kier molecular flexibility index (Phi) is 4.96. The number of ether oxygens (including phenoxy) is 1. The van der Waals surface area contributed by atoms with Crippen LogP contribution in [0.4, 0.5) is 5.95 Å². The first-order valence-corrected chi connectivity index (χ1v) is 9.80. The van der Waals surface area contributed by atoms with E-state index < -0.39 is 0 Å². The van der Waals surface area contributed by atoms with Crippen molar-refractivity contribution in [2.24, 2.45) is 0 Å². The first-order chi connectivity index (χ1) is 13.5. The van der Waals surface area contributed by atoms with Gasteiger partial charge in [0.05, 0.1) is 35.8 Å². The Hall–Kier alpha value is -3.00. The number of nitrogens with one attached hydrogen (secondary N) is 1. The maximum absolute atomic E-state index is 5.26. The van der Waals surface area contributed by atoms with Crippen molar-refractivity contribution in [3.8, 4) is 17.0 Å². The monoisotopic (exact) mass is 389 g/mol. The molecule has 0 saturated carbocycles. The molecule has 2 heterocycles. The SMILES string of the molecule is Bc1cc(C)c(-c2cnnc(NCc3nc4cc(OC)ccc4s3)n2)c(C)c1. The summed E-state index contributed by atoms with van der Waals surface area (Å²) in [6.07, 6.45) is 1.71.